The van der Waals surface area contributed by atoms with Gasteiger partial charge in [0.15, 0.2) is 5.78 Å². The third-order valence-corrected chi connectivity index (χ3v) is 5.10. The first kappa shape index (κ1) is 16.5. The van der Waals surface area contributed by atoms with Crippen molar-refractivity contribution >= 4 is 17.5 Å². The number of likely N-dealkylation sites (N-methyl/N-ethyl adjacent to an activating group) is 1. The molecule has 1 atom stereocenters. The van der Waals surface area contributed by atoms with E-state index in [1.807, 2.05) is 24.3 Å². The molecule has 1 saturated heterocycles. The molecular formula is C17H26N2OS. The monoisotopic (exact) mass is 306 g/mol. The summed E-state index contributed by atoms with van der Waals surface area (Å²) < 4.78 is 0. The predicted molar refractivity (Wildman–Crippen MR) is 90.3 cm³/mol. The zero-order valence-corrected chi connectivity index (χ0v) is 14.2. The van der Waals surface area contributed by atoms with E-state index in [-0.39, 0.29) is 5.78 Å². The zero-order chi connectivity index (χ0) is 15.2. The van der Waals surface area contributed by atoms with E-state index in [0.717, 1.165) is 31.7 Å². The Morgan fingerprint density at radius 3 is 2.52 bits per heavy atom. The predicted octanol–water partition coefficient (Wildman–Crippen LogP) is 3.01. The lowest BCUT2D eigenvalue weighted by atomic mass is 10.1. The quantitative estimate of drug-likeness (QED) is 0.571. The van der Waals surface area contributed by atoms with Crippen molar-refractivity contribution in [3.8, 4) is 0 Å². The van der Waals surface area contributed by atoms with Crippen LogP contribution in [-0.2, 0) is 0 Å². The smallest absolute Gasteiger partial charge is 0.176 e. The molecule has 1 fully saturated rings. The summed E-state index contributed by atoms with van der Waals surface area (Å²) in [5, 5.41) is 0. The van der Waals surface area contributed by atoms with E-state index in [9.17, 15) is 4.79 Å². The van der Waals surface area contributed by atoms with Crippen molar-refractivity contribution in [2.75, 3.05) is 39.0 Å². The number of hydrogen-bond donors (Lipinski definition) is 0. The second kappa shape index (κ2) is 7.97. The van der Waals surface area contributed by atoms with E-state index in [1.165, 1.54) is 11.3 Å². The lowest BCUT2D eigenvalue weighted by Crippen LogP contribution is -2.38. The molecule has 0 aliphatic carbocycles. The largest absolute Gasteiger partial charge is 0.300 e. The normalized spacial score (nSPS) is 19.3. The van der Waals surface area contributed by atoms with Crippen LogP contribution in [0, 0.1) is 0 Å². The molecule has 2 rings (SSSR count). The van der Waals surface area contributed by atoms with E-state index >= 15 is 0 Å². The van der Waals surface area contributed by atoms with Gasteiger partial charge < -0.3 is 0 Å². The van der Waals surface area contributed by atoms with Crippen molar-refractivity contribution < 1.29 is 4.79 Å². The number of likely N-dealkylation sites (tertiary alicyclic amines) is 1. The van der Waals surface area contributed by atoms with E-state index < -0.39 is 0 Å². The summed E-state index contributed by atoms with van der Waals surface area (Å²) in [5.74, 6) is 0.239. The Morgan fingerprint density at radius 1 is 1.29 bits per heavy atom. The number of benzene rings is 1. The molecule has 0 amide bonds. The van der Waals surface area contributed by atoms with E-state index in [1.54, 1.807) is 11.8 Å². The summed E-state index contributed by atoms with van der Waals surface area (Å²) in [6.07, 6.45) is 3.23. The fraction of sp³-hybridized carbons (Fsp3) is 0.588. The van der Waals surface area contributed by atoms with E-state index in [2.05, 4.69) is 29.9 Å². The molecular weight excluding hydrogens is 280 g/mol. The van der Waals surface area contributed by atoms with Crippen LogP contribution in [0.4, 0.5) is 0 Å². The number of carbonyl (C=O) groups excluding carboxylic acids is 1. The van der Waals surface area contributed by atoms with Crippen LogP contribution in [0.5, 0.6) is 0 Å². The highest BCUT2D eigenvalue weighted by Crippen LogP contribution is 2.18. The average molecular weight is 306 g/mol. The number of rotatable bonds is 7. The maximum Gasteiger partial charge on any atom is 0.176 e. The highest BCUT2D eigenvalue weighted by Gasteiger charge is 2.27. The zero-order valence-electron chi connectivity index (χ0n) is 13.3. The lowest BCUT2D eigenvalue weighted by molar-refractivity contribution is 0.0939. The number of carbonyl (C=O) groups is 1. The maximum absolute atomic E-state index is 12.4. The van der Waals surface area contributed by atoms with Gasteiger partial charge in [-0.15, -0.1) is 11.8 Å². The van der Waals surface area contributed by atoms with Gasteiger partial charge in [-0.2, -0.15) is 0 Å². The maximum atomic E-state index is 12.4. The first-order chi connectivity index (χ1) is 10.2. The molecule has 21 heavy (non-hydrogen) atoms. The Hall–Kier alpha value is -0.840. The summed E-state index contributed by atoms with van der Waals surface area (Å²) in [6.45, 7) is 9.23. The molecule has 116 valence electrons. The number of hydrogen-bond acceptors (Lipinski definition) is 4. The van der Waals surface area contributed by atoms with Crippen molar-refractivity contribution in [3.63, 3.8) is 0 Å². The third-order valence-electron chi connectivity index (χ3n) is 4.36. The van der Waals surface area contributed by atoms with Gasteiger partial charge in [0.25, 0.3) is 0 Å². The van der Waals surface area contributed by atoms with Crippen LogP contribution in [0.3, 0.4) is 0 Å². The van der Waals surface area contributed by atoms with Crippen molar-refractivity contribution in [1.82, 2.24) is 9.80 Å². The molecule has 1 aromatic carbocycles. The van der Waals surface area contributed by atoms with Crippen molar-refractivity contribution in [2.45, 2.75) is 31.2 Å². The van der Waals surface area contributed by atoms with Gasteiger partial charge in [-0.3, -0.25) is 14.6 Å². The molecule has 1 unspecified atom stereocenters. The lowest BCUT2D eigenvalue weighted by Gasteiger charge is -2.26. The molecule has 1 aliphatic rings. The van der Waals surface area contributed by atoms with Crippen LogP contribution >= 0.6 is 11.8 Å². The van der Waals surface area contributed by atoms with Crippen LogP contribution < -0.4 is 0 Å². The Bertz CT molecular complexity index is 456. The highest BCUT2D eigenvalue weighted by molar-refractivity contribution is 7.98. The number of ketones is 1. The summed E-state index contributed by atoms with van der Waals surface area (Å²) in [4.78, 5) is 18.4. The van der Waals surface area contributed by atoms with Gasteiger partial charge in [0.1, 0.15) is 0 Å². The van der Waals surface area contributed by atoms with Crippen molar-refractivity contribution in [1.29, 1.82) is 0 Å². The number of nitrogens with zero attached hydrogens (tertiary/aromatic N) is 2. The number of thioether (sulfide) groups is 1. The van der Waals surface area contributed by atoms with Gasteiger partial charge in [-0.05, 0) is 37.9 Å². The molecule has 1 aromatic rings. The summed E-state index contributed by atoms with van der Waals surface area (Å²) in [6, 6.07) is 8.58. The molecule has 0 aromatic heterocycles. The fourth-order valence-electron chi connectivity index (χ4n) is 3.07. The van der Waals surface area contributed by atoms with Crippen LogP contribution in [0.25, 0.3) is 0 Å². The topological polar surface area (TPSA) is 23.6 Å². The molecule has 4 heteroatoms. The summed E-state index contributed by atoms with van der Waals surface area (Å²) in [5.41, 5.74) is 0.832. The van der Waals surface area contributed by atoms with Gasteiger partial charge in [0.05, 0.1) is 6.54 Å². The Morgan fingerprint density at radius 2 is 1.95 bits per heavy atom. The molecule has 0 spiro atoms. The van der Waals surface area contributed by atoms with Crippen LogP contribution in [-0.4, -0.2) is 60.6 Å². The van der Waals surface area contributed by atoms with Gasteiger partial charge in [0.2, 0.25) is 0 Å². The van der Waals surface area contributed by atoms with Crippen LogP contribution in [0.15, 0.2) is 29.2 Å². The first-order valence-corrected chi connectivity index (χ1v) is 9.04. The first-order valence-electron chi connectivity index (χ1n) is 7.81. The van der Waals surface area contributed by atoms with Gasteiger partial charge in [-0.25, -0.2) is 0 Å². The van der Waals surface area contributed by atoms with Crippen molar-refractivity contribution in [3.05, 3.63) is 29.8 Å². The second-order valence-electron chi connectivity index (χ2n) is 5.55. The van der Waals surface area contributed by atoms with E-state index in [4.69, 9.17) is 0 Å². The highest BCUT2D eigenvalue weighted by atomic mass is 32.2. The summed E-state index contributed by atoms with van der Waals surface area (Å²) >= 11 is 1.70. The molecule has 0 bridgehead atoms. The van der Waals surface area contributed by atoms with Gasteiger partial charge >= 0.3 is 0 Å². The number of Topliss-reactive ketones (excluding diaryl/α,β-unsaturated/α-hetero) is 1. The third kappa shape index (κ3) is 4.31. The minimum atomic E-state index is 0.239. The Labute approximate surface area is 132 Å². The van der Waals surface area contributed by atoms with Crippen molar-refractivity contribution in [2.24, 2.45) is 0 Å². The molecule has 0 radical (unpaired) electrons. The molecule has 3 nitrogen and oxygen atoms in total. The van der Waals surface area contributed by atoms with Crippen LogP contribution in [0.2, 0.25) is 0 Å². The minimum absolute atomic E-state index is 0.239. The summed E-state index contributed by atoms with van der Waals surface area (Å²) in [7, 11) is 0. The minimum Gasteiger partial charge on any atom is -0.300 e. The molecule has 0 N–H and O–H groups in total. The fourth-order valence-corrected chi connectivity index (χ4v) is 3.47. The van der Waals surface area contributed by atoms with Crippen LogP contribution in [0.1, 0.15) is 30.6 Å². The van der Waals surface area contributed by atoms with E-state index in [0.29, 0.717) is 12.6 Å². The molecule has 0 saturated carbocycles. The van der Waals surface area contributed by atoms with Gasteiger partial charge in [0, 0.05) is 29.6 Å². The average Bonchev–Trinajstić information content (AvgIpc) is 2.97. The standard InChI is InChI=1S/C17H26N2OS/c1-4-19(5-2)15-10-11-18(12-15)13-17(20)14-6-8-16(21-3)9-7-14/h6-9,15H,4-5,10-13H2,1-3H3. The Balaban J connectivity index is 1.88. The van der Waals surface area contributed by atoms with Gasteiger partial charge in [-0.1, -0.05) is 26.0 Å². The molecule has 1 heterocycles. The Kier molecular flexibility index (Phi) is 6.27. The molecule has 1 aliphatic heterocycles. The second-order valence-corrected chi connectivity index (χ2v) is 6.43. The SMILES string of the molecule is CCN(CC)C1CCN(CC(=O)c2ccc(SC)cc2)C1.